The van der Waals surface area contributed by atoms with Gasteiger partial charge in [-0.1, -0.05) is 182 Å². The topological polar surface area (TPSA) is 0 Å². The molecule has 0 N–H and O–H groups in total. The highest BCUT2D eigenvalue weighted by Gasteiger charge is 2.20. The van der Waals surface area contributed by atoms with Crippen molar-refractivity contribution in [3.63, 3.8) is 0 Å². The summed E-state index contributed by atoms with van der Waals surface area (Å²) in [7, 11) is 0. The third kappa shape index (κ3) is 19.9. The van der Waals surface area contributed by atoms with Crippen LogP contribution in [0.2, 0.25) is 0 Å². The molecule has 0 aromatic carbocycles. The van der Waals surface area contributed by atoms with E-state index in [0.717, 1.165) is 11.8 Å². The average Bonchev–Trinajstić information content (AvgIpc) is 2.76. The number of hydrogen-bond acceptors (Lipinski definition) is 0. The normalized spacial score (nSPS) is 12.7. The Morgan fingerprint density at radius 3 is 0.733 bits per heavy atom. The monoisotopic (exact) mass is 422 g/mol. The second kappa shape index (κ2) is 25.3. The van der Waals surface area contributed by atoms with Crippen molar-refractivity contribution in [3.05, 3.63) is 0 Å². The van der Waals surface area contributed by atoms with E-state index < -0.39 is 0 Å². The minimum Gasteiger partial charge on any atom is -0.0654 e. The van der Waals surface area contributed by atoms with E-state index in [9.17, 15) is 0 Å². The molecule has 0 heterocycles. The molecular formula is C30H62. The van der Waals surface area contributed by atoms with Gasteiger partial charge in [-0.25, -0.2) is 0 Å². The number of unbranched alkanes of at least 4 members (excludes halogenated alkanes) is 16. The molecule has 1 atom stereocenters. The molecule has 0 heteroatoms. The van der Waals surface area contributed by atoms with Gasteiger partial charge in [0.15, 0.2) is 0 Å². The van der Waals surface area contributed by atoms with Gasteiger partial charge in [-0.3, -0.25) is 0 Å². The van der Waals surface area contributed by atoms with Crippen LogP contribution in [0.5, 0.6) is 0 Å². The molecule has 0 nitrogen and oxygen atoms in total. The van der Waals surface area contributed by atoms with Gasteiger partial charge in [0, 0.05) is 0 Å². The molecular weight excluding hydrogens is 360 g/mol. The van der Waals surface area contributed by atoms with E-state index in [0.29, 0.717) is 0 Å². The Morgan fingerprint density at radius 1 is 0.267 bits per heavy atom. The molecule has 1 unspecified atom stereocenters. The van der Waals surface area contributed by atoms with Gasteiger partial charge in [-0.05, 0) is 11.8 Å². The van der Waals surface area contributed by atoms with Crippen molar-refractivity contribution in [3.8, 4) is 0 Å². The molecule has 0 rings (SSSR count). The standard InChI is InChI=1S/C30H62/c1-5-9-13-17-20-24-28-29(25-21-16-12-8-4)30(26-22-18-14-10-6-2)27-23-19-15-11-7-3/h29-30H,5-28H2,1-4H3. The summed E-state index contributed by atoms with van der Waals surface area (Å²) in [6.07, 6.45) is 35.2. The third-order valence-corrected chi connectivity index (χ3v) is 7.38. The average molecular weight is 423 g/mol. The van der Waals surface area contributed by atoms with Crippen LogP contribution in [0.3, 0.4) is 0 Å². The minimum absolute atomic E-state index is 1.03. The second-order valence-corrected chi connectivity index (χ2v) is 10.3. The van der Waals surface area contributed by atoms with Crippen molar-refractivity contribution >= 4 is 0 Å². The molecule has 0 amide bonds. The van der Waals surface area contributed by atoms with Crippen molar-refractivity contribution in [1.82, 2.24) is 0 Å². The van der Waals surface area contributed by atoms with E-state index in [1.165, 1.54) is 154 Å². The van der Waals surface area contributed by atoms with Gasteiger partial charge in [0.05, 0.1) is 0 Å². The Labute approximate surface area is 193 Å². The zero-order valence-electron chi connectivity index (χ0n) is 22.1. The summed E-state index contributed by atoms with van der Waals surface area (Å²) in [6, 6.07) is 0. The lowest BCUT2D eigenvalue weighted by atomic mass is 9.78. The van der Waals surface area contributed by atoms with Crippen LogP contribution in [-0.4, -0.2) is 0 Å². The first-order chi connectivity index (χ1) is 14.8. The Kier molecular flexibility index (Phi) is 25.3. The van der Waals surface area contributed by atoms with Crippen LogP contribution < -0.4 is 0 Å². The molecule has 182 valence electrons. The fourth-order valence-corrected chi connectivity index (χ4v) is 5.27. The van der Waals surface area contributed by atoms with Gasteiger partial charge >= 0.3 is 0 Å². The summed E-state index contributed by atoms with van der Waals surface area (Å²) in [6.45, 7) is 9.36. The van der Waals surface area contributed by atoms with Gasteiger partial charge in [0.25, 0.3) is 0 Å². The molecule has 0 spiro atoms. The Balaban J connectivity index is 4.57. The Hall–Kier alpha value is 0. The molecule has 0 saturated heterocycles. The number of rotatable bonds is 25. The molecule has 30 heavy (non-hydrogen) atoms. The maximum Gasteiger partial charge on any atom is -0.0386 e. The van der Waals surface area contributed by atoms with Crippen molar-refractivity contribution < 1.29 is 0 Å². The molecule has 0 radical (unpaired) electrons. The summed E-state index contributed by atoms with van der Waals surface area (Å²) in [5.74, 6) is 2.07. The first-order valence-corrected chi connectivity index (χ1v) is 14.8. The first-order valence-electron chi connectivity index (χ1n) is 14.8. The maximum absolute atomic E-state index is 2.35. The minimum atomic E-state index is 1.03. The number of hydrogen-bond donors (Lipinski definition) is 0. The lowest BCUT2D eigenvalue weighted by Gasteiger charge is -2.28. The van der Waals surface area contributed by atoms with Crippen LogP contribution in [0.4, 0.5) is 0 Å². The molecule has 0 aromatic rings. The summed E-state index contributed by atoms with van der Waals surface area (Å²) in [5, 5.41) is 0. The van der Waals surface area contributed by atoms with Crippen LogP contribution in [0.25, 0.3) is 0 Å². The lowest BCUT2D eigenvalue weighted by molar-refractivity contribution is 0.236. The predicted molar refractivity (Wildman–Crippen MR) is 140 cm³/mol. The summed E-state index contributed by atoms with van der Waals surface area (Å²) < 4.78 is 0. The largest absolute Gasteiger partial charge is 0.0654 e. The highest BCUT2D eigenvalue weighted by molar-refractivity contribution is 4.72. The van der Waals surface area contributed by atoms with Gasteiger partial charge in [0.1, 0.15) is 0 Å². The Morgan fingerprint density at radius 2 is 0.467 bits per heavy atom. The fourth-order valence-electron chi connectivity index (χ4n) is 5.27. The van der Waals surface area contributed by atoms with Crippen molar-refractivity contribution in [2.24, 2.45) is 11.8 Å². The van der Waals surface area contributed by atoms with Gasteiger partial charge < -0.3 is 0 Å². The molecule has 0 bridgehead atoms. The van der Waals surface area contributed by atoms with Crippen LogP contribution in [0.15, 0.2) is 0 Å². The van der Waals surface area contributed by atoms with Crippen LogP contribution >= 0.6 is 0 Å². The lowest BCUT2D eigenvalue weighted by Crippen LogP contribution is -2.16. The molecule has 0 aromatic heterocycles. The van der Waals surface area contributed by atoms with E-state index in [1.54, 1.807) is 0 Å². The fraction of sp³-hybridized carbons (Fsp3) is 1.00. The van der Waals surface area contributed by atoms with E-state index in [4.69, 9.17) is 0 Å². The van der Waals surface area contributed by atoms with E-state index >= 15 is 0 Å². The summed E-state index contributed by atoms with van der Waals surface area (Å²) in [4.78, 5) is 0. The third-order valence-electron chi connectivity index (χ3n) is 7.38. The van der Waals surface area contributed by atoms with Crippen molar-refractivity contribution in [2.45, 2.75) is 182 Å². The quantitative estimate of drug-likeness (QED) is 0.128. The smallest absolute Gasteiger partial charge is 0.0386 e. The van der Waals surface area contributed by atoms with E-state index in [-0.39, 0.29) is 0 Å². The zero-order chi connectivity index (χ0) is 22.1. The summed E-state index contributed by atoms with van der Waals surface area (Å²) in [5.41, 5.74) is 0. The van der Waals surface area contributed by atoms with E-state index in [2.05, 4.69) is 27.7 Å². The van der Waals surface area contributed by atoms with Crippen LogP contribution in [0, 0.1) is 11.8 Å². The molecule has 0 aliphatic heterocycles. The highest BCUT2D eigenvalue weighted by Crippen LogP contribution is 2.33. The SMILES string of the molecule is CCCCCCCCC(CCCCCC)C(CCCCCCC)CCCCCCC. The summed E-state index contributed by atoms with van der Waals surface area (Å²) >= 11 is 0. The van der Waals surface area contributed by atoms with E-state index in [1.807, 2.05) is 0 Å². The van der Waals surface area contributed by atoms with Crippen molar-refractivity contribution in [1.29, 1.82) is 0 Å². The molecule has 0 fully saturated rings. The highest BCUT2D eigenvalue weighted by atomic mass is 14.3. The second-order valence-electron chi connectivity index (χ2n) is 10.3. The van der Waals surface area contributed by atoms with Crippen LogP contribution in [-0.2, 0) is 0 Å². The molecule has 0 saturated carbocycles. The maximum atomic E-state index is 2.35. The molecule has 0 aliphatic carbocycles. The predicted octanol–water partition coefficient (Wildman–Crippen LogP) is 11.7. The van der Waals surface area contributed by atoms with Gasteiger partial charge in [-0.2, -0.15) is 0 Å². The van der Waals surface area contributed by atoms with Crippen molar-refractivity contribution in [2.75, 3.05) is 0 Å². The first kappa shape index (κ1) is 30.0. The molecule has 0 aliphatic rings. The van der Waals surface area contributed by atoms with Gasteiger partial charge in [0.2, 0.25) is 0 Å². The van der Waals surface area contributed by atoms with Gasteiger partial charge in [-0.15, -0.1) is 0 Å². The zero-order valence-corrected chi connectivity index (χ0v) is 22.1. The van der Waals surface area contributed by atoms with Crippen LogP contribution in [0.1, 0.15) is 182 Å². The Bertz CT molecular complexity index is 280.